The van der Waals surface area contributed by atoms with Crippen LogP contribution in [0.5, 0.6) is 0 Å². The molecule has 0 unspecified atom stereocenters. The van der Waals surface area contributed by atoms with E-state index in [9.17, 15) is 31.5 Å². The molecule has 188 valence electrons. The Bertz CT molecular complexity index is 1280. The molecule has 4 rings (SSSR count). The summed E-state index contributed by atoms with van der Waals surface area (Å²) in [4.78, 5) is 11.6. The fraction of sp³-hybridized carbons (Fsp3) is 0.524. The summed E-state index contributed by atoms with van der Waals surface area (Å²) >= 11 is 0. The summed E-state index contributed by atoms with van der Waals surface area (Å²) in [6.07, 6.45) is -4.83. The van der Waals surface area contributed by atoms with Gasteiger partial charge in [0.25, 0.3) is 0 Å². The molecule has 0 bridgehead atoms. The second kappa shape index (κ2) is 8.89. The number of amides is 1. The van der Waals surface area contributed by atoms with Gasteiger partial charge in [-0.05, 0) is 43.9 Å². The van der Waals surface area contributed by atoms with Crippen molar-refractivity contribution in [2.75, 3.05) is 6.61 Å². The highest BCUT2D eigenvalue weighted by Crippen LogP contribution is 2.41. The molecule has 0 aliphatic heterocycles. The number of aliphatic hydroxyl groups is 2. The fourth-order valence-corrected chi connectivity index (χ4v) is 6.20. The molecule has 14 heteroatoms. The number of halogens is 3. The number of benzene rings is 1. The van der Waals surface area contributed by atoms with Crippen LogP contribution in [0.25, 0.3) is 5.69 Å². The van der Waals surface area contributed by atoms with Crippen molar-refractivity contribution in [1.29, 1.82) is 5.26 Å². The van der Waals surface area contributed by atoms with E-state index < -0.39 is 61.6 Å². The zero-order valence-corrected chi connectivity index (χ0v) is 19.1. The number of hydrogen-bond donors (Lipinski definition) is 3. The smallest absolute Gasteiger partial charge is 0.396 e. The third-order valence-electron chi connectivity index (χ3n) is 6.34. The lowest BCUT2D eigenvalue weighted by Crippen LogP contribution is -2.42. The predicted molar refractivity (Wildman–Crippen MR) is 113 cm³/mol. The van der Waals surface area contributed by atoms with Gasteiger partial charge in [0.15, 0.2) is 9.84 Å². The first-order valence-corrected chi connectivity index (χ1v) is 12.3. The van der Waals surface area contributed by atoms with Gasteiger partial charge in [-0.15, -0.1) is 5.10 Å². The van der Waals surface area contributed by atoms with Crippen molar-refractivity contribution in [1.82, 2.24) is 20.3 Å². The van der Waals surface area contributed by atoms with Crippen LogP contribution < -0.4 is 5.32 Å². The number of alkyl halides is 3. The quantitative estimate of drug-likeness (QED) is 0.493. The van der Waals surface area contributed by atoms with Gasteiger partial charge in [0, 0.05) is 13.0 Å². The normalized spacial score (nSPS) is 23.6. The number of rotatable bonds is 7. The van der Waals surface area contributed by atoms with Gasteiger partial charge in [-0.3, -0.25) is 4.79 Å². The van der Waals surface area contributed by atoms with Crippen molar-refractivity contribution < 1.29 is 36.6 Å². The number of aromatic nitrogens is 3. The van der Waals surface area contributed by atoms with Crippen LogP contribution in [0.15, 0.2) is 29.3 Å². The lowest BCUT2D eigenvalue weighted by molar-refractivity contribution is -0.140. The molecule has 0 spiro atoms. The molecule has 2 fully saturated rings. The summed E-state index contributed by atoms with van der Waals surface area (Å²) in [6.45, 7) is -0.229. The highest BCUT2D eigenvalue weighted by atomic mass is 32.2. The van der Waals surface area contributed by atoms with Gasteiger partial charge in [0.1, 0.15) is 5.54 Å². The molecule has 1 heterocycles. The monoisotopic (exact) mass is 513 g/mol. The van der Waals surface area contributed by atoms with Crippen molar-refractivity contribution in [2.45, 2.75) is 60.1 Å². The Hall–Kier alpha value is -3.02. The zero-order valence-electron chi connectivity index (χ0n) is 18.2. The van der Waals surface area contributed by atoms with Crippen LogP contribution in [-0.4, -0.2) is 63.0 Å². The Morgan fingerprint density at radius 2 is 2.03 bits per heavy atom. The molecule has 2 saturated carbocycles. The maximum absolute atomic E-state index is 13.9. The number of nitriles is 1. The molecule has 0 saturated heterocycles. The zero-order chi connectivity index (χ0) is 25.6. The van der Waals surface area contributed by atoms with Gasteiger partial charge < -0.3 is 15.5 Å². The lowest BCUT2D eigenvalue weighted by Gasteiger charge is -2.18. The van der Waals surface area contributed by atoms with Crippen LogP contribution in [0.1, 0.15) is 36.9 Å². The van der Waals surface area contributed by atoms with Crippen molar-refractivity contribution in [3.8, 4) is 11.8 Å². The number of carbonyl (C=O) groups is 1. The molecular formula is C21H22F3N5O5S. The van der Waals surface area contributed by atoms with Gasteiger partial charge in [-0.1, -0.05) is 5.21 Å². The van der Waals surface area contributed by atoms with Crippen molar-refractivity contribution >= 4 is 15.7 Å². The molecular weight excluding hydrogens is 491 g/mol. The van der Waals surface area contributed by atoms with E-state index in [2.05, 4.69) is 15.6 Å². The van der Waals surface area contributed by atoms with Crippen LogP contribution in [0.3, 0.4) is 0 Å². The summed E-state index contributed by atoms with van der Waals surface area (Å²) in [6, 6.07) is 4.58. The van der Waals surface area contributed by atoms with Crippen LogP contribution in [-0.2, 0) is 27.2 Å². The summed E-state index contributed by atoms with van der Waals surface area (Å²) < 4.78 is 69.3. The van der Waals surface area contributed by atoms with Crippen LogP contribution >= 0.6 is 0 Å². The predicted octanol–water partition coefficient (Wildman–Crippen LogP) is 0.906. The number of nitrogens with one attached hydrogen (secondary N) is 1. The third-order valence-corrected chi connectivity index (χ3v) is 8.57. The molecule has 2 aliphatic carbocycles. The summed E-state index contributed by atoms with van der Waals surface area (Å²) in [5.74, 6) is -1.85. The molecule has 2 aliphatic rings. The third kappa shape index (κ3) is 4.89. The van der Waals surface area contributed by atoms with E-state index in [1.165, 1.54) is 6.20 Å². The molecule has 35 heavy (non-hydrogen) atoms. The van der Waals surface area contributed by atoms with E-state index in [4.69, 9.17) is 10.4 Å². The molecule has 1 aromatic carbocycles. The first-order chi connectivity index (χ1) is 16.4. The summed E-state index contributed by atoms with van der Waals surface area (Å²) in [5.41, 5.74) is -2.17. The lowest BCUT2D eigenvalue weighted by atomic mass is 10.0. The van der Waals surface area contributed by atoms with Gasteiger partial charge >= 0.3 is 6.18 Å². The number of aliphatic hydroxyl groups excluding tert-OH is 2. The van der Waals surface area contributed by atoms with Gasteiger partial charge in [0.05, 0.1) is 51.4 Å². The fourth-order valence-electron chi connectivity index (χ4n) is 4.19. The number of sulfone groups is 1. The number of nitrogens with zero attached hydrogens (tertiary/aromatic N) is 4. The van der Waals surface area contributed by atoms with Crippen LogP contribution in [0.4, 0.5) is 13.2 Å². The van der Waals surface area contributed by atoms with Crippen LogP contribution in [0.2, 0.25) is 0 Å². The Morgan fingerprint density at radius 3 is 2.63 bits per heavy atom. The average Bonchev–Trinajstić information content (AvgIpc) is 3.21. The molecule has 3 atom stereocenters. The van der Waals surface area contributed by atoms with Crippen molar-refractivity contribution in [2.24, 2.45) is 5.92 Å². The first kappa shape index (κ1) is 25.1. The van der Waals surface area contributed by atoms with E-state index in [-0.39, 0.29) is 25.1 Å². The van der Waals surface area contributed by atoms with Gasteiger partial charge in [-0.2, -0.15) is 18.4 Å². The van der Waals surface area contributed by atoms with E-state index in [1.54, 1.807) is 0 Å². The minimum Gasteiger partial charge on any atom is -0.396 e. The Balaban J connectivity index is 1.62. The maximum atomic E-state index is 13.9. The Labute approximate surface area is 198 Å². The summed E-state index contributed by atoms with van der Waals surface area (Å²) in [5, 5.41) is 37.0. The first-order valence-electron chi connectivity index (χ1n) is 10.8. The molecule has 10 nitrogen and oxygen atoms in total. The highest BCUT2D eigenvalue weighted by molar-refractivity contribution is 7.92. The largest absolute Gasteiger partial charge is 0.417 e. The second-order valence-corrected chi connectivity index (χ2v) is 11.0. The minimum atomic E-state index is -5.02. The maximum Gasteiger partial charge on any atom is 0.417 e. The molecule has 1 amide bonds. The second-order valence-electron chi connectivity index (χ2n) is 8.80. The highest BCUT2D eigenvalue weighted by Gasteiger charge is 2.50. The Morgan fingerprint density at radius 1 is 1.31 bits per heavy atom. The molecule has 1 aromatic heterocycles. The standard InChI is InChI=1S/C21H22F3N5O5S/c22-21(23,24)16-7-13(29-10-12(3-6-30)27-28-29)1-2-18(16)35(33,34)14-8-15(17(31)9-14)19(32)26-20(11-25)4-5-20/h1-2,7,10,14-15,17,30-31H,3-6,8-9H2,(H,26,32)/t14-,15-,17-/m0/s1. The minimum absolute atomic E-state index is 0.0806. The topological polar surface area (TPSA) is 158 Å². The van der Waals surface area contributed by atoms with E-state index in [1.807, 2.05) is 6.07 Å². The van der Waals surface area contributed by atoms with Crippen molar-refractivity contribution in [3.63, 3.8) is 0 Å². The molecule has 0 radical (unpaired) electrons. The van der Waals surface area contributed by atoms with E-state index in [0.29, 0.717) is 24.6 Å². The average molecular weight is 513 g/mol. The molecule has 2 aromatic rings. The van der Waals surface area contributed by atoms with E-state index >= 15 is 0 Å². The summed E-state index contributed by atoms with van der Waals surface area (Å²) in [7, 11) is -4.59. The van der Waals surface area contributed by atoms with Crippen LogP contribution in [0, 0.1) is 17.2 Å². The molecule has 3 N–H and O–H groups in total. The van der Waals surface area contributed by atoms with Crippen molar-refractivity contribution in [3.05, 3.63) is 35.7 Å². The Kier molecular flexibility index (Phi) is 6.37. The number of hydrogen-bond acceptors (Lipinski definition) is 8. The van der Waals surface area contributed by atoms with E-state index in [0.717, 1.165) is 16.8 Å². The number of carbonyl (C=O) groups excluding carboxylic acids is 1. The SMILES string of the molecule is N#CC1(NC(=O)[C@H]2C[C@H](S(=O)(=O)c3ccc(-n4cc(CCO)nn4)cc3C(F)(F)F)C[C@@H]2O)CC1. The van der Waals surface area contributed by atoms with Gasteiger partial charge in [-0.25, -0.2) is 13.1 Å². The van der Waals surface area contributed by atoms with Gasteiger partial charge in [0.2, 0.25) is 5.91 Å².